The quantitative estimate of drug-likeness (QED) is 0.552. The van der Waals surface area contributed by atoms with Crippen molar-refractivity contribution in [2.75, 3.05) is 33.7 Å². The minimum Gasteiger partial charge on any atom is -0.330 e. The molecule has 3 fully saturated rings. The van der Waals surface area contributed by atoms with E-state index >= 15 is 0 Å². The fourth-order valence-electron chi connectivity index (χ4n) is 5.41. The predicted molar refractivity (Wildman–Crippen MR) is 147 cm³/mol. The number of likely N-dealkylation sites (tertiary alicyclic amines) is 3. The van der Waals surface area contributed by atoms with Crippen molar-refractivity contribution in [2.24, 2.45) is 5.73 Å². The van der Waals surface area contributed by atoms with E-state index < -0.39 is 22.1 Å². The maximum Gasteiger partial charge on any atom is 0.242 e. The van der Waals surface area contributed by atoms with Crippen LogP contribution >= 0.6 is 0 Å². The zero-order chi connectivity index (χ0) is 28.8. The van der Waals surface area contributed by atoms with Crippen molar-refractivity contribution in [1.82, 2.24) is 19.0 Å². The van der Waals surface area contributed by atoms with Crippen molar-refractivity contribution in [3.8, 4) is 6.07 Å². The Morgan fingerprint density at radius 3 is 2.47 bits per heavy atom. The lowest BCUT2D eigenvalue weighted by molar-refractivity contribution is -0.141. The van der Waals surface area contributed by atoms with Crippen molar-refractivity contribution in [1.29, 1.82) is 5.26 Å². The Labute approximate surface area is 228 Å². The lowest BCUT2D eigenvalue weighted by Crippen LogP contribution is -2.56. The number of nitrogens with two attached hydrogens (primary N) is 1. The molecular formula is C27H44N6O4S. The van der Waals surface area contributed by atoms with E-state index in [1.54, 1.807) is 23.1 Å². The number of amides is 2. The Bertz CT molecular complexity index is 1120. The monoisotopic (exact) mass is 548 g/mol. The number of benzene rings is 1. The Balaban J connectivity index is 0.00000121. The maximum absolute atomic E-state index is 13.3. The molecule has 2 amide bonds. The zero-order valence-electron chi connectivity index (χ0n) is 23.8. The average Bonchev–Trinajstić information content (AvgIpc) is 3.65. The van der Waals surface area contributed by atoms with Gasteiger partial charge in [0.05, 0.1) is 29.1 Å². The van der Waals surface area contributed by atoms with Gasteiger partial charge in [0.2, 0.25) is 21.8 Å². The number of carbonyl (C=O) groups is 2. The first-order chi connectivity index (χ1) is 18.1. The van der Waals surface area contributed by atoms with E-state index in [0.717, 1.165) is 12.0 Å². The first kappa shape index (κ1) is 31.7. The van der Waals surface area contributed by atoms with Crippen molar-refractivity contribution in [3.63, 3.8) is 0 Å². The summed E-state index contributed by atoms with van der Waals surface area (Å²) in [7, 11) is -0.595. The molecule has 5 atom stereocenters. The van der Waals surface area contributed by atoms with Crippen LogP contribution in [0.2, 0.25) is 0 Å². The summed E-state index contributed by atoms with van der Waals surface area (Å²) in [6.07, 6.45) is 2.13. The van der Waals surface area contributed by atoms with Crippen LogP contribution in [-0.4, -0.2) is 97.1 Å². The maximum atomic E-state index is 13.3. The number of nitriles is 1. The van der Waals surface area contributed by atoms with Gasteiger partial charge in [0, 0.05) is 39.8 Å². The van der Waals surface area contributed by atoms with Crippen molar-refractivity contribution in [2.45, 2.75) is 89.0 Å². The van der Waals surface area contributed by atoms with Gasteiger partial charge in [-0.1, -0.05) is 39.8 Å². The SMILES string of the molecule is CC.CC.CC(c1cccc(S(=O)(=O)N(C)C)c1)N1C(=O)C2C[C@H]1CN2C[C@H](N)C(=O)N1CCCC1C#N. The smallest absolute Gasteiger partial charge is 0.242 e. The van der Waals surface area contributed by atoms with Gasteiger partial charge in [-0.2, -0.15) is 5.26 Å². The Morgan fingerprint density at radius 2 is 1.89 bits per heavy atom. The molecule has 3 saturated heterocycles. The number of nitrogens with zero attached hydrogens (tertiary/aromatic N) is 5. The normalized spacial score (nSPS) is 24.3. The minimum absolute atomic E-state index is 0.0254. The Kier molecular flexibility index (Phi) is 11.3. The molecule has 1 aromatic carbocycles. The van der Waals surface area contributed by atoms with Gasteiger partial charge in [-0.05, 0) is 43.9 Å². The first-order valence-corrected chi connectivity index (χ1v) is 15.0. The van der Waals surface area contributed by atoms with Crippen molar-refractivity contribution >= 4 is 21.8 Å². The summed E-state index contributed by atoms with van der Waals surface area (Å²) in [5, 5.41) is 9.25. The Hall–Kier alpha value is -2.52. The number of hydrogen-bond acceptors (Lipinski definition) is 7. The number of piperazine rings is 1. The second-order valence-electron chi connectivity index (χ2n) is 9.57. The molecule has 0 aromatic heterocycles. The van der Waals surface area contributed by atoms with Gasteiger partial charge in [-0.15, -0.1) is 0 Å². The van der Waals surface area contributed by atoms with Gasteiger partial charge in [0.25, 0.3) is 0 Å². The Morgan fingerprint density at radius 1 is 1.24 bits per heavy atom. The van der Waals surface area contributed by atoms with Crippen molar-refractivity contribution in [3.05, 3.63) is 29.8 Å². The van der Waals surface area contributed by atoms with Gasteiger partial charge < -0.3 is 15.5 Å². The van der Waals surface area contributed by atoms with E-state index in [1.807, 2.05) is 50.5 Å². The molecule has 3 aliphatic rings. The molecular weight excluding hydrogens is 504 g/mol. The van der Waals surface area contributed by atoms with Crippen LogP contribution in [0.5, 0.6) is 0 Å². The van der Waals surface area contributed by atoms with Gasteiger partial charge in [-0.3, -0.25) is 14.5 Å². The zero-order valence-corrected chi connectivity index (χ0v) is 24.6. The van der Waals surface area contributed by atoms with Gasteiger partial charge >= 0.3 is 0 Å². The molecule has 212 valence electrons. The van der Waals surface area contributed by atoms with Crippen LogP contribution in [0.4, 0.5) is 0 Å². The number of hydrogen-bond donors (Lipinski definition) is 1. The molecule has 0 saturated carbocycles. The fourth-order valence-corrected chi connectivity index (χ4v) is 6.37. The van der Waals surface area contributed by atoms with E-state index in [0.29, 0.717) is 25.9 Å². The summed E-state index contributed by atoms with van der Waals surface area (Å²) >= 11 is 0. The highest BCUT2D eigenvalue weighted by Crippen LogP contribution is 2.38. The standard InChI is InChI=1S/C23H32N6O4S.2C2H6/c1-15(16-6-4-8-19(10-16)34(32,33)26(2)3)29-18-11-21(23(29)31)27(13-18)14-20(25)22(30)28-9-5-7-17(28)12-24;2*1-2/h4,6,8,10,15,17-18,20-21H,5,7,9,11,13-14,25H2,1-3H3;2*1-2H3/t15?,17?,18-,20-,21?;;/m0../s1. The molecule has 3 aliphatic heterocycles. The highest BCUT2D eigenvalue weighted by atomic mass is 32.2. The number of carbonyl (C=O) groups excluding carboxylic acids is 2. The van der Waals surface area contributed by atoms with Crippen LogP contribution in [0.25, 0.3) is 0 Å². The second kappa shape index (κ2) is 13.5. The third-order valence-electron chi connectivity index (χ3n) is 7.28. The number of fused-ring (bicyclic) bond motifs is 2. The molecule has 3 heterocycles. The molecule has 0 spiro atoms. The molecule has 10 nitrogen and oxygen atoms in total. The van der Waals surface area contributed by atoms with E-state index in [4.69, 9.17) is 5.73 Å². The lowest BCUT2D eigenvalue weighted by atomic mass is 10.1. The van der Waals surface area contributed by atoms with Gasteiger partial charge in [0.1, 0.15) is 6.04 Å². The van der Waals surface area contributed by atoms with Crippen LogP contribution < -0.4 is 5.73 Å². The molecule has 3 unspecified atom stereocenters. The van der Waals surface area contributed by atoms with Crippen LogP contribution in [0.3, 0.4) is 0 Å². The van der Waals surface area contributed by atoms with Crippen LogP contribution in [0, 0.1) is 11.3 Å². The largest absolute Gasteiger partial charge is 0.330 e. The fraction of sp³-hybridized carbons (Fsp3) is 0.667. The molecule has 2 bridgehead atoms. The summed E-state index contributed by atoms with van der Waals surface area (Å²) in [5.41, 5.74) is 6.97. The van der Waals surface area contributed by atoms with Crippen molar-refractivity contribution < 1.29 is 18.0 Å². The average molecular weight is 549 g/mol. The summed E-state index contributed by atoms with van der Waals surface area (Å²) in [6.45, 7) is 11.3. The molecule has 0 radical (unpaired) electrons. The molecule has 11 heteroatoms. The lowest BCUT2D eigenvalue weighted by Gasteiger charge is -2.38. The number of rotatable bonds is 7. The van der Waals surface area contributed by atoms with Gasteiger partial charge in [0.15, 0.2) is 0 Å². The minimum atomic E-state index is -3.57. The highest BCUT2D eigenvalue weighted by molar-refractivity contribution is 7.89. The van der Waals surface area contributed by atoms with Crippen LogP contribution in [0.1, 0.15) is 65.5 Å². The highest BCUT2D eigenvalue weighted by Gasteiger charge is 2.51. The second-order valence-corrected chi connectivity index (χ2v) is 11.7. The van der Waals surface area contributed by atoms with E-state index in [2.05, 4.69) is 6.07 Å². The third kappa shape index (κ3) is 6.20. The van der Waals surface area contributed by atoms with Gasteiger partial charge in [-0.25, -0.2) is 12.7 Å². The molecule has 4 rings (SSSR count). The summed E-state index contributed by atoms with van der Waals surface area (Å²) in [5.74, 6) is -0.260. The van der Waals surface area contributed by atoms with E-state index in [9.17, 15) is 23.3 Å². The molecule has 1 aromatic rings. The summed E-state index contributed by atoms with van der Waals surface area (Å²) in [6, 6.07) is 7.05. The van der Waals surface area contributed by atoms with E-state index in [1.165, 1.54) is 18.4 Å². The van der Waals surface area contributed by atoms with Crippen LogP contribution in [0.15, 0.2) is 29.2 Å². The summed E-state index contributed by atoms with van der Waals surface area (Å²) < 4.78 is 26.2. The summed E-state index contributed by atoms with van der Waals surface area (Å²) in [4.78, 5) is 31.6. The number of sulfonamides is 1. The third-order valence-corrected chi connectivity index (χ3v) is 9.10. The topological polar surface area (TPSA) is 131 Å². The molecule has 38 heavy (non-hydrogen) atoms. The first-order valence-electron chi connectivity index (χ1n) is 13.6. The van der Waals surface area contributed by atoms with Crippen LogP contribution in [-0.2, 0) is 19.6 Å². The molecule has 0 aliphatic carbocycles. The van der Waals surface area contributed by atoms with E-state index in [-0.39, 0.29) is 41.4 Å². The predicted octanol–water partition coefficient (Wildman–Crippen LogP) is 2.18. The molecule has 2 N–H and O–H groups in total.